The quantitative estimate of drug-likeness (QED) is 0.640. The molecule has 0 aromatic rings. The van der Waals surface area contributed by atoms with Crippen LogP contribution >= 0.6 is 31.9 Å². The van der Waals surface area contributed by atoms with E-state index in [9.17, 15) is 13.2 Å². The van der Waals surface area contributed by atoms with Crippen LogP contribution in [0.2, 0.25) is 0 Å². The highest BCUT2D eigenvalue weighted by Gasteiger charge is 2.79. The number of halogens is 5. The first kappa shape index (κ1) is 10.8. The van der Waals surface area contributed by atoms with Gasteiger partial charge >= 0.3 is 6.18 Å². The Balaban J connectivity index is 2.95. The van der Waals surface area contributed by atoms with Crippen LogP contribution in [0.25, 0.3) is 0 Å². The average Bonchev–Trinajstić information content (AvgIpc) is 2.33. The molecule has 1 rings (SSSR count). The van der Waals surface area contributed by atoms with E-state index in [2.05, 4.69) is 31.9 Å². The Labute approximate surface area is 86.2 Å². The van der Waals surface area contributed by atoms with Crippen molar-refractivity contribution < 1.29 is 13.2 Å². The first-order valence-electron chi connectivity index (χ1n) is 3.60. The lowest BCUT2D eigenvalue weighted by atomic mass is 9.92. The van der Waals surface area contributed by atoms with Gasteiger partial charge in [-0.05, 0) is 12.3 Å². The van der Waals surface area contributed by atoms with Gasteiger partial charge in [-0.1, -0.05) is 45.7 Å². The predicted molar refractivity (Wildman–Crippen MR) is 48.5 cm³/mol. The van der Waals surface area contributed by atoms with Gasteiger partial charge in [0.25, 0.3) is 0 Å². The van der Waals surface area contributed by atoms with Crippen LogP contribution in [0.15, 0.2) is 0 Å². The number of hydrogen-bond acceptors (Lipinski definition) is 0. The van der Waals surface area contributed by atoms with Gasteiger partial charge in [0.2, 0.25) is 0 Å². The van der Waals surface area contributed by atoms with E-state index in [1.807, 2.05) is 0 Å². The molecule has 72 valence electrons. The Kier molecular flexibility index (Phi) is 2.37. The van der Waals surface area contributed by atoms with Gasteiger partial charge in [-0.2, -0.15) is 13.2 Å². The minimum Gasteiger partial charge on any atom is -0.170 e. The molecule has 1 atom stereocenters. The second-order valence-corrected chi connectivity index (χ2v) is 7.28. The molecule has 0 aromatic heterocycles. The molecule has 0 saturated heterocycles. The van der Waals surface area contributed by atoms with Crippen LogP contribution in [0, 0.1) is 11.3 Å². The van der Waals surface area contributed by atoms with Crippen LogP contribution < -0.4 is 0 Å². The largest absolute Gasteiger partial charge is 0.397 e. The topological polar surface area (TPSA) is 0 Å². The molecule has 0 amide bonds. The Morgan fingerprint density at radius 3 is 1.58 bits per heavy atom. The standard InChI is InChI=1S/C7H9Br2F3/c1-4(2)5(7(10,11)12)3-6(5,8)9/h4H,3H2,1-2H3. The summed E-state index contributed by atoms with van der Waals surface area (Å²) in [7, 11) is 0. The van der Waals surface area contributed by atoms with Crippen molar-refractivity contribution in [2.24, 2.45) is 11.3 Å². The van der Waals surface area contributed by atoms with E-state index in [-0.39, 0.29) is 6.42 Å². The van der Waals surface area contributed by atoms with E-state index in [4.69, 9.17) is 0 Å². The predicted octanol–water partition coefficient (Wildman–Crippen LogP) is 4.08. The maximum absolute atomic E-state index is 12.6. The van der Waals surface area contributed by atoms with Crippen molar-refractivity contribution in [1.82, 2.24) is 0 Å². The third-order valence-corrected chi connectivity index (χ3v) is 4.50. The summed E-state index contributed by atoms with van der Waals surface area (Å²) in [5.41, 5.74) is -1.58. The molecule has 0 spiro atoms. The summed E-state index contributed by atoms with van der Waals surface area (Å²) in [6, 6.07) is 0. The number of hydrogen-bond donors (Lipinski definition) is 0. The summed E-state index contributed by atoms with van der Waals surface area (Å²) in [6.45, 7) is 3.19. The summed E-state index contributed by atoms with van der Waals surface area (Å²) in [4.78, 5) is 0. The lowest BCUT2D eigenvalue weighted by molar-refractivity contribution is -0.199. The maximum atomic E-state index is 12.6. The molecular weight excluding hydrogens is 301 g/mol. The van der Waals surface area contributed by atoms with Crippen molar-refractivity contribution in [2.45, 2.75) is 29.7 Å². The molecule has 0 N–H and O–H groups in total. The van der Waals surface area contributed by atoms with Gasteiger partial charge in [0.1, 0.15) is 0 Å². The maximum Gasteiger partial charge on any atom is 0.397 e. The molecule has 1 aliphatic carbocycles. The van der Waals surface area contributed by atoms with Crippen LogP contribution in [0.3, 0.4) is 0 Å². The van der Waals surface area contributed by atoms with Crippen molar-refractivity contribution in [3.8, 4) is 0 Å². The van der Waals surface area contributed by atoms with Gasteiger partial charge in [0.05, 0.1) is 8.65 Å². The summed E-state index contributed by atoms with van der Waals surface area (Å²) in [6.07, 6.45) is -4.02. The number of alkyl halides is 5. The van der Waals surface area contributed by atoms with Crippen molar-refractivity contribution in [3.05, 3.63) is 0 Å². The minimum absolute atomic E-state index is 0.112. The van der Waals surface area contributed by atoms with Gasteiger partial charge in [0.15, 0.2) is 0 Å². The summed E-state index contributed by atoms with van der Waals surface area (Å²) in [5.74, 6) is -0.406. The third-order valence-electron chi connectivity index (χ3n) is 2.52. The van der Waals surface area contributed by atoms with Gasteiger partial charge in [0, 0.05) is 0 Å². The zero-order valence-electron chi connectivity index (χ0n) is 6.67. The Morgan fingerprint density at radius 1 is 1.25 bits per heavy atom. The Hall–Kier alpha value is 0.750. The summed E-state index contributed by atoms with van der Waals surface area (Å²) >= 11 is 6.09. The smallest absolute Gasteiger partial charge is 0.170 e. The van der Waals surface area contributed by atoms with E-state index in [0.29, 0.717) is 0 Å². The van der Waals surface area contributed by atoms with Crippen LogP contribution in [-0.2, 0) is 0 Å². The molecule has 1 fully saturated rings. The van der Waals surface area contributed by atoms with Crippen molar-refractivity contribution in [1.29, 1.82) is 0 Å². The van der Waals surface area contributed by atoms with Gasteiger partial charge in [-0.25, -0.2) is 0 Å². The Bertz CT molecular complexity index is 197. The molecular formula is C7H9Br2F3. The minimum atomic E-state index is -4.13. The van der Waals surface area contributed by atoms with Crippen molar-refractivity contribution in [2.75, 3.05) is 0 Å². The molecule has 1 unspecified atom stereocenters. The lowest BCUT2D eigenvalue weighted by Gasteiger charge is -2.25. The normalized spacial score (nSPS) is 34.0. The van der Waals surface area contributed by atoms with Gasteiger partial charge in [-0.3, -0.25) is 0 Å². The molecule has 0 aromatic carbocycles. The summed E-state index contributed by atoms with van der Waals surface area (Å²) < 4.78 is 36.8. The van der Waals surface area contributed by atoms with Crippen LogP contribution in [0.5, 0.6) is 0 Å². The first-order chi connectivity index (χ1) is 5.15. The SMILES string of the molecule is CC(C)C1(C(F)(F)F)CC1(Br)Br. The van der Waals surface area contributed by atoms with Gasteiger partial charge in [-0.15, -0.1) is 0 Å². The van der Waals surface area contributed by atoms with Gasteiger partial charge < -0.3 is 0 Å². The van der Waals surface area contributed by atoms with Crippen LogP contribution in [-0.4, -0.2) is 9.41 Å². The molecule has 0 radical (unpaired) electrons. The third kappa shape index (κ3) is 1.24. The zero-order chi connectivity index (χ0) is 9.78. The molecule has 0 heterocycles. The summed E-state index contributed by atoms with van der Waals surface area (Å²) in [5, 5.41) is 0. The highest BCUT2D eigenvalue weighted by Crippen LogP contribution is 2.75. The molecule has 5 heteroatoms. The second-order valence-electron chi connectivity index (χ2n) is 3.51. The first-order valence-corrected chi connectivity index (χ1v) is 5.18. The molecule has 1 aliphatic rings. The van der Waals surface area contributed by atoms with Crippen molar-refractivity contribution >= 4 is 31.9 Å². The second kappa shape index (κ2) is 2.62. The fraction of sp³-hybridized carbons (Fsp3) is 1.00. The van der Waals surface area contributed by atoms with Crippen molar-refractivity contribution in [3.63, 3.8) is 0 Å². The van der Waals surface area contributed by atoms with E-state index < -0.39 is 20.7 Å². The fourth-order valence-corrected chi connectivity index (χ4v) is 3.82. The van der Waals surface area contributed by atoms with Crippen LogP contribution in [0.4, 0.5) is 13.2 Å². The zero-order valence-corrected chi connectivity index (χ0v) is 9.85. The highest BCUT2D eigenvalue weighted by atomic mass is 79.9. The molecule has 0 aliphatic heterocycles. The van der Waals surface area contributed by atoms with E-state index in [0.717, 1.165) is 0 Å². The lowest BCUT2D eigenvalue weighted by Crippen LogP contribution is -2.34. The highest BCUT2D eigenvalue weighted by molar-refractivity contribution is 9.25. The van der Waals surface area contributed by atoms with Crippen LogP contribution in [0.1, 0.15) is 20.3 Å². The average molecular weight is 310 g/mol. The molecule has 12 heavy (non-hydrogen) atoms. The van der Waals surface area contributed by atoms with E-state index in [1.165, 1.54) is 0 Å². The number of rotatable bonds is 1. The monoisotopic (exact) mass is 308 g/mol. The Morgan fingerprint density at radius 2 is 1.58 bits per heavy atom. The van der Waals surface area contributed by atoms with E-state index in [1.54, 1.807) is 13.8 Å². The molecule has 1 saturated carbocycles. The fourth-order valence-electron chi connectivity index (χ4n) is 1.57. The molecule has 0 nitrogen and oxygen atoms in total. The molecule has 0 bridgehead atoms. The van der Waals surface area contributed by atoms with E-state index >= 15 is 0 Å².